The van der Waals surface area contributed by atoms with Crippen molar-refractivity contribution >= 4 is 27.3 Å². The number of nitro groups is 1. The summed E-state index contributed by atoms with van der Waals surface area (Å²) in [6, 6.07) is 4.08. The van der Waals surface area contributed by atoms with Crippen LogP contribution in [-0.4, -0.2) is 51.4 Å². The summed E-state index contributed by atoms with van der Waals surface area (Å²) in [5, 5.41) is 13.5. The molecule has 0 bridgehead atoms. The maximum atomic E-state index is 11.6. The third kappa shape index (κ3) is 7.68. The van der Waals surface area contributed by atoms with Crippen LogP contribution in [0.4, 0.5) is 16.2 Å². The molecular formula is C16H25N3O6S. The second-order valence-corrected chi connectivity index (χ2v) is 9.13. The maximum absolute atomic E-state index is 11.6. The highest BCUT2D eigenvalue weighted by Crippen LogP contribution is 2.26. The minimum absolute atomic E-state index is 0.173. The van der Waals surface area contributed by atoms with E-state index in [-0.39, 0.29) is 18.0 Å². The minimum atomic E-state index is -3.37. The lowest BCUT2D eigenvalue weighted by molar-refractivity contribution is -0.384. The first-order valence-corrected chi connectivity index (χ1v) is 9.97. The average molecular weight is 387 g/mol. The summed E-state index contributed by atoms with van der Waals surface area (Å²) in [6.07, 6.45) is 0.519. The van der Waals surface area contributed by atoms with Gasteiger partial charge in [0.05, 0.1) is 10.7 Å². The fraction of sp³-hybridized carbons (Fsp3) is 0.562. The van der Waals surface area contributed by atoms with Crippen molar-refractivity contribution in [1.29, 1.82) is 0 Å². The topological polar surface area (TPSA) is 119 Å². The molecule has 0 aliphatic rings. The number of nitro benzene ring substituents is 1. The molecule has 1 aromatic rings. The average Bonchev–Trinajstić information content (AvgIpc) is 2.43. The van der Waals surface area contributed by atoms with Gasteiger partial charge in [-0.25, -0.2) is 13.2 Å². The summed E-state index contributed by atoms with van der Waals surface area (Å²) in [5.41, 5.74) is 0.109. The van der Waals surface area contributed by atoms with Crippen molar-refractivity contribution < 1.29 is 22.9 Å². The number of likely N-dealkylation sites (N-methyl/N-ethyl adjacent to an activating group) is 1. The molecule has 0 aliphatic carbocycles. The number of carbonyl (C=O) groups is 1. The monoisotopic (exact) mass is 387 g/mol. The van der Waals surface area contributed by atoms with Crippen molar-refractivity contribution in [3.8, 4) is 0 Å². The summed E-state index contributed by atoms with van der Waals surface area (Å²) in [7, 11) is -1.66. The molecule has 1 aromatic carbocycles. The fourth-order valence-corrected chi connectivity index (χ4v) is 3.01. The van der Waals surface area contributed by atoms with E-state index in [1.54, 1.807) is 32.7 Å². The third-order valence-electron chi connectivity index (χ3n) is 3.22. The van der Waals surface area contributed by atoms with Crippen LogP contribution >= 0.6 is 0 Å². The first-order chi connectivity index (χ1) is 11.8. The molecule has 0 heterocycles. The second-order valence-electron chi connectivity index (χ2n) is 6.99. The Kier molecular flexibility index (Phi) is 6.96. The van der Waals surface area contributed by atoms with Crippen LogP contribution in [0.25, 0.3) is 0 Å². The molecular weight excluding hydrogens is 362 g/mol. The molecule has 0 spiro atoms. The Morgan fingerprint density at radius 1 is 1.35 bits per heavy atom. The number of ether oxygens (including phenoxy) is 1. The molecule has 0 saturated carbocycles. The van der Waals surface area contributed by atoms with Gasteiger partial charge in [-0.1, -0.05) is 0 Å². The van der Waals surface area contributed by atoms with E-state index in [2.05, 4.69) is 5.32 Å². The Morgan fingerprint density at radius 2 is 1.96 bits per heavy atom. The van der Waals surface area contributed by atoms with E-state index < -0.39 is 26.5 Å². The number of amides is 1. The maximum Gasteiger partial charge on any atom is 0.407 e. The van der Waals surface area contributed by atoms with Gasteiger partial charge in [-0.2, -0.15) is 0 Å². The lowest BCUT2D eigenvalue weighted by Gasteiger charge is -2.23. The highest BCUT2D eigenvalue weighted by molar-refractivity contribution is 7.89. The summed E-state index contributed by atoms with van der Waals surface area (Å²) < 4.78 is 28.4. The van der Waals surface area contributed by atoms with Gasteiger partial charge in [-0.05, 0) is 32.4 Å². The SMILES string of the molecule is CN(CCNC(=O)OC(C)(C)C)c1ccc([N+](=O)[O-])cc1CS(C)(=O)=O. The van der Waals surface area contributed by atoms with Crippen molar-refractivity contribution in [2.45, 2.75) is 32.1 Å². The number of nitrogens with one attached hydrogen (secondary N) is 1. The second kappa shape index (κ2) is 8.35. The molecule has 1 amide bonds. The highest BCUT2D eigenvalue weighted by atomic mass is 32.2. The minimum Gasteiger partial charge on any atom is -0.444 e. The van der Waals surface area contributed by atoms with Crippen LogP contribution in [0.2, 0.25) is 0 Å². The van der Waals surface area contributed by atoms with Gasteiger partial charge in [0.15, 0.2) is 9.84 Å². The van der Waals surface area contributed by atoms with Gasteiger partial charge in [-0.3, -0.25) is 10.1 Å². The first-order valence-electron chi connectivity index (χ1n) is 7.91. The smallest absolute Gasteiger partial charge is 0.407 e. The quantitative estimate of drug-likeness (QED) is 0.562. The van der Waals surface area contributed by atoms with E-state index in [0.717, 1.165) is 6.26 Å². The molecule has 9 nitrogen and oxygen atoms in total. The van der Waals surface area contributed by atoms with Crippen LogP contribution in [0.15, 0.2) is 18.2 Å². The van der Waals surface area contributed by atoms with Crippen LogP contribution in [-0.2, 0) is 20.3 Å². The zero-order valence-electron chi connectivity index (χ0n) is 15.6. The number of anilines is 1. The molecule has 0 aliphatic heterocycles. The standard InChI is InChI=1S/C16H25N3O6S/c1-16(2,3)25-15(20)17-8-9-18(4)14-7-6-13(19(21)22)10-12(14)11-26(5,23)24/h6-7,10H,8-9,11H2,1-5H3,(H,17,20). The zero-order chi connectivity index (χ0) is 20.1. The van der Waals surface area contributed by atoms with Crippen molar-refractivity contribution in [2.24, 2.45) is 0 Å². The molecule has 0 aromatic heterocycles. The number of nitrogens with zero attached hydrogens (tertiary/aromatic N) is 2. The molecule has 0 unspecified atom stereocenters. The molecule has 10 heteroatoms. The molecule has 146 valence electrons. The Morgan fingerprint density at radius 3 is 2.46 bits per heavy atom. The van der Waals surface area contributed by atoms with E-state index >= 15 is 0 Å². The zero-order valence-corrected chi connectivity index (χ0v) is 16.4. The van der Waals surface area contributed by atoms with E-state index in [1.807, 2.05) is 0 Å². The number of sulfone groups is 1. The summed E-state index contributed by atoms with van der Waals surface area (Å²) in [6.45, 7) is 5.90. The lowest BCUT2D eigenvalue weighted by atomic mass is 10.1. The molecule has 0 saturated heterocycles. The molecule has 0 atom stereocenters. The van der Waals surface area contributed by atoms with Gasteiger partial charge in [0.25, 0.3) is 5.69 Å². The number of alkyl carbamates (subject to hydrolysis) is 1. The van der Waals surface area contributed by atoms with Gasteiger partial charge >= 0.3 is 6.09 Å². The van der Waals surface area contributed by atoms with E-state index in [4.69, 9.17) is 4.74 Å². The van der Waals surface area contributed by atoms with Crippen LogP contribution in [0, 0.1) is 10.1 Å². The molecule has 1 N–H and O–H groups in total. The fourth-order valence-electron chi connectivity index (χ4n) is 2.22. The van der Waals surface area contributed by atoms with Crippen molar-refractivity contribution in [3.63, 3.8) is 0 Å². The van der Waals surface area contributed by atoms with Crippen LogP contribution in [0.1, 0.15) is 26.3 Å². The number of hydrogen-bond donors (Lipinski definition) is 1. The Balaban J connectivity index is 2.85. The van der Waals surface area contributed by atoms with Gasteiger partial charge in [0, 0.05) is 44.2 Å². The molecule has 0 radical (unpaired) electrons. The Hall–Kier alpha value is -2.36. The third-order valence-corrected chi connectivity index (χ3v) is 4.05. The number of carbonyl (C=O) groups excluding carboxylic acids is 1. The molecule has 0 fully saturated rings. The van der Waals surface area contributed by atoms with Gasteiger partial charge in [0.1, 0.15) is 5.60 Å². The summed E-state index contributed by atoms with van der Waals surface area (Å²) >= 11 is 0. The number of hydrogen-bond acceptors (Lipinski definition) is 7. The normalized spacial score (nSPS) is 11.7. The predicted molar refractivity (Wildman–Crippen MR) is 99.2 cm³/mol. The molecule has 26 heavy (non-hydrogen) atoms. The van der Waals surface area contributed by atoms with Crippen molar-refractivity contribution in [2.75, 3.05) is 31.3 Å². The largest absolute Gasteiger partial charge is 0.444 e. The van der Waals surface area contributed by atoms with Gasteiger partial charge in [0.2, 0.25) is 0 Å². The Labute approximate surface area is 153 Å². The number of rotatable bonds is 7. The van der Waals surface area contributed by atoms with E-state index in [0.29, 0.717) is 17.8 Å². The highest BCUT2D eigenvalue weighted by Gasteiger charge is 2.18. The van der Waals surface area contributed by atoms with Gasteiger partial charge in [-0.15, -0.1) is 0 Å². The summed E-state index contributed by atoms with van der Waals surface area (Å²) in [4.78, 5) is 23.7. The summed E-state index contributed by atoms with van der Waals surface area (Å²) in [5.74, 6) is -0.312. The van der Waals surface area contributed by atoms with Crippen molar-refractivity contribution in [3.05, 3.63) is 33.9 Å². The predicted octanol–water partition coefficient (Wildman–Crippen LogP) is 2.10. The Bertz CT molecular complexity index is 771. The van der Waals surface area contributed by atoms with Crippen LogP contribution in [0.5, 0.6) is 0 Å². The van der Waals surface area contributed by atoms with Crippen LogP contribution < -0.4 is 10.2 Å². The molecule has 1 rings (SSSR count). The number of benzene rings is 1. The van der Waals surface area contributed by atoms with E-state index in [9.17, 15) is 23.3 Å². The first kappa shape index (κ1) is 21.7. The van der Waals surface area contributed by atoms with Gasteiger partial charge < -0.3 is 15.0 Å². The number of non-ortho nitro benzene ring substituents is 1. The van der Waals surface area contributed by atoms with Crippen LogP contribution in [0.3, 0.4) is 0 Å². The van der Waals surface area contributed by atoms with Crippen molar-refractivity contribution in [1.82, 2.24) is 5.32 Å². The van der Waals surface area contributed by atoms with E-state index in [1.165, 1.54) is 18.2 Å². The lowest BCUT2D eigenvalue weighted by Crippen LogP contribution is -2.37.